The van der Waals surface area contributed by atoms with Gasteiger partial charge in [-0.15, -0.1) is 0 Å². The van der Waals surface area contributed by atoms with Crippen molar-refractivity contribution in [3.63, 3.8) is 0 Å². The van der Waals surface area contributed by atoms with Crippen LogP contribution >= 0.6 is 0 Å². The Kier molecular flexibility index (Phi) is 18.8. The molecule has 0 aromatic rings. The molecule has 1 atom stereocenters. The van der Waals surface area contributed by atoms with Crippen LogP contribution in [-0.4, -0.2) is 35.5 Å². The van der Waals surface area contributed by atoms with Crippen molar-refractivity contribution in [2.24, 2.45) is 0 Å². The lowest BCUT2D eigenvalue weighted by atomic mass is 9.83. The minimum absolute atomic E-state index is 0. The molecule has 0 amide bonds. The molecule has 12 heteroatoms. The van der Waals surface area contributed by atoms with Crippen LogP contribution in [0.25, 0.3) is 0 Å². The predicted molar refractivity (Wildman–Crippen MR) is 86.0 cm³/mol. The van der Waals surface area contributed by atoms with E-state index in [2.05, 4.69) is 0 Å². The minimum atomic E-state index is -7.23. The Morgan fingerprint density at radius 1 is 0.519 bits per heavy atom. The van der Waals surface area contributed by atoms with Crippen LogP contribution in [0.3, 0.4) is 0 Å². The van der Waals surface area contributed by atoms with Crippen LogP contribution in [0.1, 0.15) is 64.8 Å². The fourth-order valence-electron chi connectivity index (χ4n) is 1.43. The Labute approximate surface area is 154 Å². The molecule has 0 heterocycles. The first-order valence-electron chi connectivity index (χ1n) is 4.97. The molecule has 0 rings (SSSR count). The number of hydrogen-bond donors (Lipinski definition) is 0. The van der Waals surface area contributed by atoms with Gasteiger partial charge in [0.25, 0.3) is 5.92 Å². The highest BCUT2D eigenvalue weighted by Gasteiger charge is 2.88. The first-order valence-corrected chi connectivity index (χ1v) is 4.97. The summed E-state index contributed by atoms with van der Waals surface area (Å²) in [4.78, 5) is 0. The van der Waals surface area contributed by atoms with Gasteiger partial charge in [-0.05, 0) is 6.92 Å². The molecule has 0 aliphatic carbocycles. The molecule has 176 valence electrons. The summed E-state index contributed by atoms with van der Waals surface area (Å²) in [5.41, 5.74) is -7.18. The Hall–Kier alpha value is -0.840. The van der Waals surface area contributed by atoms with Gasteiger partial charge >= 0.3 is 29.6 Å². The maximum absolute atomic E-state index is 13.4. The van der Waals surface area contributed by atoms with E-state index in [1.807, 2.05) is 0 Å². The Balaban J connectivity index is -0.000000133. The lowest BCUT2D eigenvalue weighted by Crippen LogP contribution is -2.71. The van der Waals surface area contributed by atoms with Crippen molar-refractivity contribution in [3.05, 3.63) is 0 Å². The number of halogens is 12. The molecule has 0 bridgehead atoms. The van der Waals surface area contributed by atoms with E-state index in [1.54, 1.807) is 0 Å². The Morgan fingerprint density at radius 2 is 0.778 bits per heavy atom. The van der Waals surface area contributed by atoms with E-state index in [-0.39, 0.29) is 44.6 Å². The van der Waals surface area contributed by atoms with E-state index in [4.69, 9.17) is 0 Å². The van der Waals surface area contributed by atoms with Gasteiger partial charge in [0.15, 0.2) is 0 Å². The summed E-state index contributed by atoms with van der Waals surface area (Å²) in [6.45, 7) is -1.34. The molecule has 0 aliphatic heterocycles. The summed E-state index contributed by atoms with van der Waals surface area (Å²) in [6, 6.07) is 0. The summed E-state index contributed by atoms with van der Waals surface area (Å²) in [5, 5.41) is 0. The summed E-state index contributed by atoms with van der Waals surface area (Å²) in [6.07, 6.45) is -10.6. The van der Waals surface area contributed by atoms with E-state index < -0.39 is 55.8 Å². The highest BCUT2D eigenvalue weighted by atomic mass is 19.4. The van der Waals surface area contributed by atoms with Crippen LogP contribution in [0.4, 0.5) is 52.7 Å². The third kappa shape index (κ3) is 7.97. The third-order valence-electron chi connectivity index (χ3n) is 2.41. The Morgan fingerprint density at radius 3 is 0.926 bits per heavy atom. The molecule has 0 aliphatic rings. The van der Waals surface area contributed by atoms with Gasteiger partial charge in [0.2, 0.25) is 0 Å². The molecule has 0 saturated heterocycles. The molecule has 0 aromatic carbocycles. The van der Waals surface area contributed by atoms with Crippen LogP contribution in [0.5, 0.6) is 0 Å². The zero-order valence-electron chi connectivity index (χ0n) is 10.2. The molecule has 0 fully saturated rings. The van der Waals surface area contributed by atoms with E-state index in [0.29, 0.717) is 0 Å². The zero-order valence-corrected chi connectivity index (χ0v) is 10.2. The topological polar surface area (TPSA) is 0 Å². The van der Waals surface area contributed by atoms with Crippen molar-refractivity contribution in [2.75, 3.05) is 0 Å². The van der Waals surface area contributed by atoms with Gasteiger partial charge in [0, 0.05) is 6.92 Å². The number of alkyl halides is 12. The maximum atomic E-state index is 13.4. The average Bonchev–Trinajstić information content (AvgIpc) is 2.07. The monoisotopic (exact) mass is 440 g/mol. The van der Waals surface area contributed by atoms with E-state index in [9.17, 15) is 52.7 Å². The summed E-state index contributed by atoms with van der Waals surface area (Å²) in [7, 11) is 0. The average molecular weight is 440 g/mol. The van der Waals surface area contributed by atoms with Crippen molar-refractivity contribution in [1.29, 1.82) is 0 Å². The highest BCUT2D eigenvalue weighted by Crippen LogP contribution is 2.60. The van der Waals surface area contributed by atoms with E-state index in [0.717, 1.165) is 0 Å². The smallest absolute Gasteiger partial charge is 0.220 e. The number of hydrogen-bond acceptors (Lipinski definition) is 0. The molecule has 0 nitrogen and oxygen atoms in total. The van der Waals surface area contributed by atoms with Crippen LogP contribution in [0.15, 0.2) is 0 Å². The van der Waals surface area contributed by atoms with Crippen LogP contribution in [-0.2, 0) is 0 Å². The van der Waals surface area contributed by atoms with Gasteiger partial charge in [-0.2, -0.15) is 22.0 Å². The van der Waals surface area contributed by atoms with Crippen LogP contribution in [0.2, 0.25) is 0 Å². The van der Waals surface area contributed by atoms with Crippen molar-refractivity contribution in [2.45, 2.75) is 100 Å². The molecular formula is C15H32F12. The fourth-order valence-corrected chi connectivity index (χ4v) is 1.43. The standard InChI is InChI=1S/C9H8F12.6CH4/c1-4(10,11)3-6(14,15)7(16,9(19,20)21)8(17,18)5(2,12)13;;;;;;/h3H2,1-2H3;6*1H4. The fraction of sp³-hybridized carbons (Fsp3) is 1.00. The first kappa shape index (κ1) is 45.1. The quantitative estimate of drug-likeness (QED) is 0.374. The van der Waals surface area contributed by atoms with Crippen molar-refractivity contribution < 1.29 is 52.7 Å². The van der Waals surface area contributed by atoms with Gasteiger partial charge in [0.1, 0.15) is 0 Å². The summed E-state index contributed by atoms with van der Waals surface area (Å²) < 4.78 is 152. The van der Waals surface area contributed by atoms with Gasteiger partial charge in [0.05, 0.1) is 6.42 Å². The van der Waals surface area contributed by atoms with Gasteiger partial charge < -0.3 is 0 Å². The highest BCUT2D eigenvalue weighted by molar-refractivity contribution is 5.13. The summed E-state index contributed by atoms with van der Waals surface area (Å²) in [5.74, 6) is -24.1. The second kappa shape index (κ2) is 11.2. The molecule has 0 spiro atoms. The molecular weight excluding hydrogens is 408 g/mol. The maximum Gasteiger partial charge on any atom is 0.434 e. The molecule has 0 saturated carbocycles. The van der Waals surface area contributed by atoms with E-state index >= 15 is 0 Å². The molecule has 0 N–H and O–H groups in total. The first-order chi connectivity index (χ1) is 8.71. The lowest BCUT2D eigenvalue weighted by Gasteiger charge is -2.42. The van der Waals surface area contributed by atoms with Crippen LogP contribution in [0, 0.1) is 0 Å². The normalized spacial score (nSPS) is 14.4. The largest absolute Gasteiger partial charge is 0.434 e. The van der Waals surface area contributed by atoms with Gasteiger partial charge in [-0.3, -0.25) is 0 Å². The molecule has 27 heavy (non-hydrogen) atoms. The minimum Gasteiger partial charge on any atom is -0.220 e. The van der Waals surface area contributed by atoms with E-state index in [1.165, 1.54) is 0 Å². The summed E-state index contributed by atoms with van der Waals surface area (Å²) >= 11 is 0. The van der Waals surface area contributed by atoms with Crippen molar-refractivity contribution in [3.8, 4) is 0 Å². The lowest BCUT2D eigenvalue weighted by molar-refractivity contribution is -0.404. The molecule has 1 unspecified atom stereocenters. The number of rotatable bonds is 5. The third-order valence-corrected chi connectivity index (χ3v) is 2.41. The second-order valence-electron chi connectivity index (χ2n) is 4.57. The zero-order chi connectivity index (χ0) is 17.7. The van der Waals surface area contributed by atoms with Crippen molar-refractivity contribution in [1.82, 2.24) is 0 Å². The Bertz CT molecular complexity index is 376. The molecule has 0 radical (unpaired) electrons. The van der Waals surface area contributed by atoms with Gasteiger partial charge in [-0.25, -0.2) is 30.7 Å². The SMILES string of the molecule is C.C.C.C.C.C.CC(F)(F)CC(F)(F)C(F)(C(F)(F)F)C(F)(F)C(C)(F)F. The van der Waals surface area contributed by atoms with Gasteiger partial charge in [-0.1, -0.05) is 44.6 Å². The second-order valence-corrected chi connectivity index (χ2v) is 4.57. The van der Waals surface area contributed by atoms with Crippen molar-refractivity contribution >= 4 is 0 Å². The molecule has 0 aromatic heterocycles. The predicted octanol–water partition coefficient (Wildman–Crippen LogP) is 9.04. The van der Waals surface area contributed by atoms with Crippen LogP contribution < -0.4 is 0 Å².